The van der Waals surface area contributed by atoms with Crippen molar-refractivity contribution in [2.45, 2.75) is 25.2 Å². The Balaban J connectivity index is 1.24. The van der Waals surface area contributed by atoms with Gasteiger partial charge < -0.3 is 23.9 Å². The summed E-state index contributed by atoms with van der Waals surface area (Å²) >= 11 is 0. The molecule has 0 bridgehead atoms. The Morgan fingerprint density at radius 3 is 2.59 bits per heavy atom. The molecule has 37 heavy (non-hydrogen) atoms. The Morgan fingerprint density at radius 2 is 1.76 bits per heavy atom. The fraction of sp³-hybridized carbons (Fsp3) is 0.267. The van der Waals surface area contributed by atoms with Gasteiger partial charge >= 0.3 is 0 Å². The highest BCUT2D eigenvalue weighted by Crippen LogP contribution is 2.40. The molecule has 0 unspecified atom stereocenters. The second-order valence-electron chi connectivity index (χ2n) is 9.58. The number of nitrogens with zero attached hydrogens (tertiary/aromatic N) is 1. The number of carbonyl (C=O) groups is 1. The number of ether oxygens (including phenoxy) is 3. The standard InChI is InChI=1S/C30H28N2O5/c1-20-6-8-21(9-7-20)27-17-31-29(37-27)24-5-3-2-4-23(24)28(33)32-18-30(12-14-34-15-13-30)22-10-11-25-26(16-22)36-19-35-25/h2-11,16-17H,12-15,18-19H2,1H3,(H,32,33). The summed E-state index contributed by atoms with van der Waals surface area (Å²) in [7, 11) is 0. The van der Waals surface area contributed by atoms with E-state index in [0.29, 0.717) is 42.5 Å². The van der Waals surface area contributed by atoms with Crippen molar-refractivity contribution in [1.29, 1.82) is 0 Å². The molecule has 0 saturated carbocycles. The van der Waals surface area contributed by atoms with E-state index in [1.165, 1.54) is 5.56 Å². The molecule has 188 valence electrons. The smallest absolute Gasteiger partial charge is 0.252 e. The SMILES string of the molecule is Cc1ccc(-c2cnc(-c3ccccc3C(=O)NCC3(c4ccc5c(c4)OCO5)CCOCC3)o2)cc1. The molecule has 0 spiro atoms. The first kappa shape index (κ1) is 23.3. The van der Waals surface area contributed by atoms with Gasteiger partial charge in [-0.2, -0.15) is 0 Å². The molecule has 6 rings (SSSR count). The Labute approximate surface area is 215 Å². The molecule has 1 fully saturated rings. The van der Waals surface area contributed by atoms with Crippen LogP contribution in [0, 0.1) is 6.92 Å². The number of hydrogen-bond donors (Lipinski definition) is 1. The summed E-state index contributed by atoms with van der Waals surface area (Å²) in [5, 5.41) is 3.19. The van der Waals surface area contributed by atoms with Crippen LogP contribution in [0.5, 0.6) is 11.5 Å². The number of benzene rings is 3. The predicted octanol–water partition coefficient (Wildman–Crippen LogP) is 5.52. The van der Waals surface area contributed by atoms with Crippen LogP contribution in [0.3, 0.4) is 0 Å². The molecule has 3 heterocycles. The summed E-state index contributed by atoms with van der Waals surface area (Å²) in [5.41, 5.74) is 4.15. The Bertz CT molecular complexity index is 1420. The van der Waals surface area contributed by atoms with Gasteiger partial charge in [0.05, 0.1) is 11.8 Å². The van der Waals surface area contributed by atoms with Gasteiger partial charge in [0.25, 0.3) is 5.91 Å². The van der Waals surface area contributed by atoms with E-state index in [2.05, 4.69) is 16.4 Å². The lowest BCUT2D eigenvalue weighted by molar-refractivity contribution is 0.0486. The topological polar surface area (TPSA) is 82.8 Å². The third-order valence-corrected chi connectivity index (χ3v) is 7.27. The van der Waals surface area contributed by atoms with Crippen molar-refractivity contribution in [3.8, 4) is 34.3 Å². The van der Waals surface area contributed by atoms with Crippen LogP contribution < -0.4 is 14.8 Å². The minimum absolute atomic E-state index is 0.169. The van der Waals surface area contributed by atoms with Gasteiger partial charge in [0.2, 0.25) is 12.7 Å². The van der Waals surface area contributed by atoms with Gasteiger partial charge in [0, 0.05) is 36.3 Å². The molecule has 2 aliphatic rings. The number of rotatable bonds is 6. The van der Waals surface area contributed by atoms with Crippen LogP contribution in [0.25, 0.3) is 22.8 Å². The van der Waals surface area contributed by atoms with Gasteiger partial charge in [0.1, 0.15) is 0 Å². The first-order valence-corrected chi connectivity index (χ1v) is 12.5. The van der Waals surface area contributed by atoms with Crippen molar-refractivity contribution >= 4 is 5.91 Å². The number of nitrogens with one attached hydrogen (secondary N) is 1. The van der Waals surface area contributed by atoms with Gasteiger partial charge in [-0.3, -0.25) is 4.79 Å². The van der Waals surface area contributed by atoms with Crippen molar-refractivity contribution in [3.05, 3.63) is 89.6 Å². The Kier molecular flexibility index (Phi) is 6.14. The third kappa shape index (κ3) is 4.58. The number of aromatic nitrogens is 1. The number of hydrogen-bond acceptors (Lipinski definition) is 6. The summed E-state index contributed by atoms with van der Waals surface area (Å²) in [6.07, 6.45) is 3.30. The van der Waals surface area contributed by atoms with Gasteiger partial charge in [-0.05, 0) is 49.6 Å². The first-order chi connectivity index (χ1) is 18.1. The molecule has 0 radical (unpaired) electrons. The quantitative estimate of drug-likeness (QED) is 0.378. The van der Waals surface area contributed by atoms with Crippen molar-refractivity contribution < 1.29 is 23.4 Å². The molecule has 3 aromatic carbocycles. The fourth-order valence-corrected chi connectivity index (χ4v) is 5.02. The van der Waals surface area contributed by atoms with Crippen LogP contribution in [0.15, 0.2) is 77.3 Å². The van der Waals surface area contributed by atoms with E-state index in [1.807, 2.05) is 61.5 Å². The van der Waals surface area contributed by atoms with Gasteiger partial charge in [-0.1, -0.05) is 48.0 Å². The lowest BCUT2D eigenvalue weighted by atomic mass is 9.74. The zero-order chi connectivity index (χ0) is 25.2. The molecule has 1 aromatic heterocycles. The molecule has 4 aromatic rings. The summed E-state index contributed by atoms with van der Waals surface area (Å²) < 4.78 is 22.8. The van der Waals surface area contributed by atoms with Crippen molar-refractivity contribution in [1.82, 2.24) is 10.3 Å². The number of oxazole rings is 1. The minimum atomic E-state index is -0.259. The maximum absolute atomic E-state index is 13.5. The maximum atomic E-state index is 13.5. The average molecular weight is 497 g/mol. The molecule has 0 aliphatic carbocycles. The molecule has 1 saturated heterocycles. The number of fused-ring (bicyclic) bond motifs is 1. The highest BCUT2D eigenvalue weighted by atomic mass is 16.7. The van der Waals surface area contributed by atoms with Crippen molar-refractivity contribution in [2.24, 2.45) is 0 Å². The van der Waals surface area contributed by atoms with Crippen LogP contribution in [-0.4, -0.2) is 37.4 Å². The van der Waals surface area contributed by atoms with Crippen LogP contribution in [0.4, 0.5) is 0 Å². The summed E-state index contributed by atoms with van der Waals surface area (Å²) in [6.45, 7) is 4.03. The monoisotopic (exact) mass is 496 g/mol. The van der Waals surface area contributed by atoms with E-state index in [0.717, 1.165) is 35.5 Å². The zero-order valence-electron chi connectivity index (χ0n) is 20.7. The number of aryl methyl sites for hydroxylation is 1. The lowest BCUT2D eigenvalue weighted by Crippen LogP contribution is -2.44. The van der Waals surface area contributed by atoms with E-state index in [-0.39, 0.29) is 18.1 Å². The largest absolute Gasteiger partial charge is 0.454 e. The van der Waals surface area contributed by atoms with Crippen molar-refractivity contribution in [3.63, 3.8) is 0 Å². The molecule has 7 heteroatoms. The van der Waals surface area contributed by atoms with Crippen LogP contribution in [-0.2, 0) is 10.2 Å². The van der Waals surface area contributed by atoms with Crippen LogP contribution in [0.1, 0.15) is 34.3 Å². The van der Waals surface area contributed by atoms with E-state index in [1.54, 1.807) is 12.3 Å². The zero-order valence-corrected chi connectivity index (χ0v) is 20.7. The predicted molar refractivity (Wildman–Crippen MR) is 139 cm³/mol. The van der Waals surface area contributed by atoms with Crippen LogP contribution >= 0.6 is 0 Å². The third-order valence-electron chi connectivity index (χ3n) is 7.27. The normalized spacial score (nSPS) is 15.9. The molecule has 1 amide bonds. The Morgan fingerprint density at radius 1 is 0.973 bits per heavy atom. The number of amides is 1. The van der Waals surface area contributed by atoms with Gasteiger partial charge in [-0.25, -0.2) is 4.98 Å². The van der Waals surface area contributed by atoms with E-state index < -0.39 is 0 Å². The maximum Gasteiger partial charge on any atom is 0.252 e. The first-order valence-electron chi connectivity index (χ1n) is 12.5. The lowest BCUT2D eigenvalue weighted by Gasteiger charge is -2.38. The summed E-state index contributed by atoms with van der Waals surface area (Å²) in [5.74, 6) is 2.40. The van der Waals surface area contributed by atoms with Gasteiger partial charge in [-0.15, -0.1) is 0 Å². The minimum Gasteiger partial charge on any atom is -0.454 e. The second kappa shape index (κ2) is 9.75. The highest BCUT2D eigenvalue weighted by molar-refractivity contribution is 6.00. The molecule has 7 nitrogen and oxygen atoms in total. The Hall–Kier alpha value is -4.10. The molecule has 1 N–H and O–H groups in total. The van der Waals surface area contributed by atoms with E-state index in [4.69, 9.17) is 18.6 Å². The summed E-state index contributed by atoms with van der Waals surface area (Å²) in [6, 6.07) is 21.5. The van der Waals surface area contributed by atoms with Crippen LogP contribution in [0.2, 0.25) is 0 Å². The average Bonchev–Trinajstić information content (AvgIpc) is 3.62. The molecule has 2 aliphatic heterocycles. The molecule has 0 atom stereocenters. The molecular weight excluding hydrogens is 468 g/mol. The van der Waals surface area contributed by atoms with Crippen molar-refractivity contribution in [2.75, 3.05) is 26.6 Å². The fourth-order valence-electron chi connectivity index (χ4n) is 5.02. The van der Waals surface area contributed by atoms with E-state index >= 15 is 0 Å². The number of carbonyl (C=O) groups excluding carboxylic acids is 1. The van der Waals surface area contributed by atoms with E-state index in [9.17, 15) is 4.79 Å². The molecular formula is C30H28N2O5. The second-order valence-corrected chi connectivity index (χ2v) is 9.58. The highest BCUT2D eigenvalue weighted by Gasteiger charge is 2.36. The summed E-state index contributed by atoms with van der Waals surface area (Å²) in [4.78, 5) is 18.0. The van der Waals surface area contributed by atoms with Gasteiger partial charge in [0.15, 0.2) is 17.3 Å².